The van der Waals surface area contributed by atoms with Crippen molar-refractivity contribution in [1.29, 1.82) is 0 Å². The van der Waals surface area contributed by atoms with Crippen molar-refractivity contribution in [3.8, 4) is 0 Å². The summed E-state index contributed by atoms with van der Waals surface area (Å²) in [6.45, 7) is -0.323. The maximum Gasteiger partial charge on any atom is 0.309 e. The van der Waals surface area contributed by atoms with Gasteiger partial charge in [0.1, 0.15) is 0 Å². The second kappa shape index (κ2) is 5.59. The molecule has 18 heavy (non-hydrogen) atoms. The van der Waals surface area contributed by atoms with Gasteiger partial charge in [-0.25, -0.2) is 0 Å². The first-order chi connectivity index (χ1) is 8.58. The van der Waals surface area contributed by atoms with Gasteiger partial charge in [0.2, 0.25) is 0 Å². The van der Waals surface area contributed by atoms with Crippen molar-refractivity contribution in [1.82, 2.24) is 0 Å². The zero-order valence-corrected chi connectivity index (χ0v) is 10.9. The first-order valence-corrected chi connectivity index (χ1v) is 6.24. The van der Waals surface area contributed by atoms with Crippen molar-refractivity contribution in [3.05, 3.63) is 28.2 Å². The van der Waals surface area contributed by atoms with E-state index in [0.29, 0.717) is 15.7 Å². The molecule has 96 valence electrons. The van der Waals surface area contributed by atoms with Crippen LogP contribution in [0.15, 0.2) is 18.2 Å². The van der Waals surface area contributed by atoms with E-state index in [1.807, 2.05) is 0 Å². The molecule has 1 aliphatic carbocycles. The third-order valence-corrected chi connectivity index (χ3v) is 3.11. The molecule has 1 N–H and O–H groups in total. The summed E-state index contributed by atoms with van der Waals surface area (Å²) in [5.41, 5.74) is 0.327. The highest BCUT2D eigenvalue weighted by Gasteiger charge is 2.31. The van der Waals surface area contributed by atoms with Crippen molar-refractivity contribution >= 4 is 40.8 Å². The highest BCUT2D eigenvalue weighted by molar-refractivity contribution is 6.39. The molecular formula is C12H11Cl2NO3. The molecule has 1 aliphatic rings. The van der Waals surface area contributed by atoms with Gasteiger partial charge in [0.15, 0.2) is 6.61 Å². The Balaban J connectivity index is 1.88. The van der Waals surface area contributed by atoms with Gasteiger partial charge in [-0.2, -0.15) is 0 Å². The third-order valence-electron chi connectivity index (χ3n) is 2.48. The van der Waals surface area contributed by atoms with Crippen LogP contribution in [0, 0.1) is 5.92 Å². The minimum atomic E-state index is -0.459. The lowest BCUT2D eigenvalue weighted by Gasteiger charge is -2.09. The largest absolute Gasteiger partial charge is 0.455 e. The highest BCUT2D eigenvalue weighted by atomic mass is 35.5. The monoisotopic (exact) mass is 287 g/mol. The molecule has 0 saturated heterocycles. The summed E-state index contributed by atoms with van der Waals surface area (Å²) in [7, 11) is 0. The Morgan fingerprint density at radius 2 is 1.89 bits per heavy atom. The Morgan fingerprint density at radius 3 is 2.44 bits per heavy atom. The number of carbonyl (C=O) groups excluding carboxylic acids is 2. The van der Waals surface area contributed by atoms with E-state index in [1.165, 1.54) is 0 Å². The molecule has 6 heteroatoms. The normalized spacial score (nSPS) is 14.1. The van der Waals surface area contributed by atoms with Crippen molar-refractivity contribution in [2.24, 2.45) is 5.92 Å². The molecule has 0 atom stereocenters. The first kappa shape index (κ1) is 13.2. The SMILES string of the molecule is O=C(COC(=O)C1CC1)Nc1c(Cl)cccc1Cl. The number of para-hydroxylation sites is 1. The topological polar surface area (TPSA) is 55.4 Å². The Kier molecular flexibility index (Phi) is 4.09. The van der Waals surface area contributed by atoms with Crippen LogP contribution >= 0.6 is 23.2 Å². The molecule has 0 aromatic heterocycles. The summed E-state index contributed by atoms with van der Waals surface area (Å²) in [5.74, 6) is -0.809. The maximum absolute atomic E-state index is 11.6. The Bertz CT molecular complexity index is 466. The lowest BCUT2D eigenvalue weighted by molar-refractivity contribution is -0.148. The van der Waals surface area contributed by atoms with Crippen LogP contribution in [0.25, 0.3) is 0 Å². The maximum atomic E-state index is 11.6. The number of nitrogens with one attached hydrogen (secondary N) is 1. The van der Waals surface area contributed by atoms with Crippen molar-refractivity contribution < 1.29 is 14.3 Å². The first-order valence-electron chi connectivity index (χ1n) is 5.48. The van der Waals surface area contributed by atoms with E-state index in [2.05, 4.69) is 5.32 Å². The number of hydrogen-bond acceptors (Lipinski definition) is 3. The molecule has 1 saturated carbocycles. The molecule has 2 rings (SSSR count). The van der Waals surface area contributed by atoms with Crippen LogP contribution in [0.4, 0.5) is 5.69 Å². The standard InChI is InChI=1S/C12H11Cl2NO3/c13-8-2-1-3-9(14)11(8)15-10(16)6-18-12(17)7-4-5-7/h1-3,7H,4-6H2,(H,15,16). The van der Waals surface area contributed by atoms with Crippen molar-refractivity contribution in [3.63, 3.8) is 0 Å². The summed E-state index contributed by atoms with van der Waals surface area (Å²) >= 11 is 11.8. The number of halogens is 2. The fourth-order valence-corrected chi connectivity index (χ4v) is 1.86. The number of amides is 1. The zero-order valence-electron chi connectivity index (χ0n) is 9.41. The van der Waals surface area contributed by atoms with Crippen LogP contribution in [0.1, 0.15) is 12.8 Å². The number of hydrogen-bond donors (Lipinski definition) is 1. The van der Waals surface area contributed by atoms with Gasteiger partial charge in [-0.3, -0.25) is 9.59 Å². The fourth-order valence-electron chi connectivity index (χ4n) is 1.37. The summed E-state index contributed by atoms with van der Waals surface area (Å²) in [5, 5.41) is 3.19. The lowest BCUT2D eigenvalue weighted by Crippen LogP contribution is -2.21. The van der Waals surface area contributed by atoms with Crippen LogP contribution in [0.3, 0.4) is 0 Å². The van der Waals surface area contributed by atoms with E-state index in [4.69, 9.17) is 27.9 Å². The van der Waals surface area contributed by atoms with Crippen LogP contribution in [-0.4, -0.2) is 18.5 Å². The molecule has 0 aliphatic heterocycles. The van der Waals surface area contributed by atoms with E-state index in [0.717, 1.165) is 12.8 Å². The van der Waals surface area contributed by atoms with Gasteiger partial charge < -0.3 is 10.1 Å². The minimum Gasteiger partial charge on any atom is -0.455 e. The number of benzene rings is 1. The van der Waals surface area contributed by atoms with Crippen molar-refractivity contribution in [2.75, 3.05) is 11.9 Å². The van der Waals surface area contributed by atoms with Gasteiger partial charge >= 0.3 is 5.97 Å². The fraction of sp³-hybridized carbons (Fsp3) is 0.333. The number of anilines is 1. The Labute approximate surface area is 114 Å². The van der Waals surface area contributed by atoms with Crippen LogP contribution in [-0.2, 0) is 14.3 Å². The van der Waals surface area contributed by atoms with E-state index >= 15 is 0 Å². The van der Waals surface area contributed by atoms with E-state index in [1.54, 1.807) is 18.2 Å². The number of rotatable bonds is 4. The quantitative estimate of drug-likeness (QED) is 0.867. The average Bonchev–Trinajstić information content (AvgIpc) is 3.15. The predicted molar refractivity (Wildman–Crippen MR) is 68.8 cm³/mol. The highest BCUT2D eigenvalue weighted by Crippen LogP contribution is 2.31. The van der Waals surface area contributed by atoms with Gasteiger partial charge in [-0.15, -0.1) is 0 Å². The van der Waals surface area contributed by atoms with Crippen LogP contribution in [0.2, 0.25) is 10.0 Å². The van der Waals surface area contributed by atoms with Crippen LogP contribution < -0.4 is 5.32 Å². The number of esters is 1. The molecule has 4 nitrogen and oxygen atoms in total. The molecule has 1 aromatic rings. The lowest BCUT2D eigenvalue weighted by atomic mass is 10.3. The van der Waals surface area contributed by atoms with Gasteiger partial charge in [-0.1, -0.05) is 29.3 Å². The van der Waals surface area contributed by atoms with Gasteiger partial charge in [-0.05, 0) is 25.0 Å². The minimum absolute atomic E-state index is 0.0262. The van der Waals surface area contributed by atoms with E-state index in [-0.39, 0.29) is 18.5 Å². The Morgan fingerprint density at radius 1 is 1.28 bits per heavy atom. The molecule has 0 bridgehead atoms. The molecule has 0 spiro atoms. The van der Waals surface area contributed by atoms with Gasteiger partial charge in [0, 0.05) is 0 Å². The molecule has 0 unspecified atom stereocenters. The molecule has 0 heterocycles. The number of ether oxygens (including phenoxy) is 1. The molecule has 1 aromatic carbocycles. The van der Waals surface area contributed by atoms with Crippen molar-refractivity contribution in [2.45, 2.75) is 12.8 Å². The third kappa shape index (κ3) is 3.37. The summed E-state index contributed by atoms with van der Waals surface area (Å²) in [6.07, 6.45) is 1.69. The summed E-state index contributed by atoms with van der Waals surface area (Å²) in [6, 6.07) is 4.89. The Hall–Kier alpha value is -1.26. The second-order valence-electron chi connectivity index (χ2n) is 4.03. The smallest absolute Gasteiger partial charge is 0.309 e. The van der Waals surface area contributed by atoms with E-state index < -0.39 is 5.91 Å². The molecule has 1 amide bonds. The second-order valence-corrected chi connectivity index (χ2v) is 4.84. The molecule has 0 radical (unpaired) electrons. The van der Waals surface area contributed by atoms with E-state index in [9.17, 15) is 9.59 Å². The van der Waals surface area contributed by atoms with Gasteiger partial charge in [0.05, 0.1) is 21.7 Å². The van der Waals surface area contributed by atoms with Crippen LogP contribution in [0.5, 0.6) is 0 Å². The number of carbonyl (C=O) groups is 2. The molecule has 1 fully saturated rings. The summed E-state index contributed by atoms with van der Waals surface area (Å²) < 4.78 is 4.84. The average molecular weight is 288 g/mol. The summed E-state index contributed by atoms with van der Waals surface area (Å²) in [4.78, 5) is 22.8. The molecular weight excluding hydrogens is 277 g/mol. The predicted octanol–water partition coefficient (Wildman–Crippen LogP) is 2.89. The van der Waals surface area contributed by atoms with Gasteiger partial charge in [0.25, 0.3) is 5.91 Å². The zero-order chi connectivity index (χ0) is 13.1.